The average Bonchev–Trinajstić information content (AvgIpc) is 2.59. The maximum atomic E-state index is 10.4. The lowest BCUT2D eigenvalue weighted by Crippen LogP contribution is -2.49. The van der Waals surface area contributed by atoms with Gasteiger partial charge in [-0.1, -0.05) is 54.6 Å². The van der Waals surface area contributed by atoms with Crippen LogP contribution in [0.4, 0.5) is 0 Å². The van der Waals surface area contributed by atoms with Crippen molar-refractivity contribution in [3.05, 3.63) is 65.7 Å². The zero-order valence-corrected chi connectivity index (χ0v) is 15.8. The van der Waals surface area contributed by atoms with E-state index in [-0.39, 0.29) is 0 Å². The highest BCUT2D eigenvalue weighted by Crippen LogP contribution is 2.38. The monoisotopic (exact) mass is 343 g/mol. The van der Waals surface area contributed by atoms with Crippen molar-refractivity contribution in [2.24, 2.45) is 0 Å². The molecule has 0 bridgehead atoms. The van der Waals surface area contributed by atoms with E-state index in [0.29, 0.717) is 0 Å². The first-order valence-corrected chi connectivity index (χ1v) is 9.14. The van der Waals surface area contributed by atoms with Crippen molar-refractivity contribution in [1.29, 1.82) is 0 Å². The molecule has 0 aliphatic heterocycles. The predicted octanol–water partition coefficient (Wildman–Crippen LogP) is 4.22. The zero-order chi connectivity index (χ0) is 18.5. The minimum atomic E-state index is -0.940. The molecular formula is C23H24BO2. The Morgan fingerprint density at radius 2 is 1.54 bits per heavy atom. The molecule has 26 heavy (non-hydrogen) atoms. The molecule has 0 fully saturated rings. The lowest BCUT2D eigenvalue weighted by molar-refractivity contribution is -0.0893. The van der Waals surface area contributed by atoms with E-state index >= 15 is 0 Å². The van der Waals surface area contributed by atoms with Crippen LogP contribution in [0.5, 0.6) is 0 Å². The van der Waals surface area contributed by atoms with Crippen molar-refractivity contribution in [3.63, 3.8) is 0 Å². The summed E-state index contributed by atoms with van der Waals surface area (Å²) >= 11 is 0. The second-order valence-electron chi connectivity index (χ2n) is 8.18. The van der Waals surface area contributed by atoms with E-state index < -0.39 is 11.2 Å². The summed E-state index contributed by atoms with van der Waals surface area (Å²) in [5, 5.41) is 13.0. The van der Waals surface area contributed by atoms with Crippen molar-refractivity contribution in [3.8, 4) is 11.1 Å². The largest absolute Gasteiger partial charge is 0.427 e. The first-order valence-electron chi connectivity index (χ1n) is 9.14. The lowest BCUT2D eigenvalue weighted by Gasteiger charge is -2.38. The van der Waals surface area contributed by atoms with E-state index in [1.54, 1.807) is 13.8 Å². The maximum Gasteiger partial charge on any atom is 0.331 e. The fraction of sp³-hybridized carbons (Fsp3) is 0.304. The van der Waals surface area contributed by atoms with Gasteiger partial charge < -0.3 is 9.76 Å². The molecule has 0 unspecified atom stereocenters. The molecule has 3 heteroatoms. The van der Waals surface area contributed by atoms with Gasteiger partial charge in [-0.15, -0.1) is 0 Å². The fourth-order valence-electron chi connectivity index (χ4n) is 3.53. The maximum absolute atomic E-state index is 10.4. The molecule has 1 aliphatic carbocycles. The van der Waals surface area contributed by atoms with E-state index in [4.69, 9.17) is 4.65 Å². The Kier molecular flexibility index (Phi) is 3.98. The van der Waals surface area contributed by atoms with Gasteiger partial charge in [-0.3, -0.25) is 0 Å². The first-order chi connectivity index (χ1) is 12.3. The Bertz CT molecular complexity index is 978. The molecule has 2 nitrogen and oxygen atoms in total. The highest BCUT2D eigenvalue weighted by molar-refractivity contribution is 6.50. The summed E-state index contributed by atoms with van der Waals surface area (Å²) in [5.41, 5.74) is 4.62. The van der Waals surface area contributed by atoms with Gasteiger partial charge in [0.25, 0.3) is 0 Å². The van der Waals surface area contributed by atoms with Crippen LogP contribution in [-0.4, -0.2) is 23.8 Å². The average molecular weight is 343 g/mol. The molecule has 0 spiro atoms. The van der Waals surface area contributed by atoms with E-state index in [9.17, 15) is 5.11 Å². The second kappa shape index (κ2) is 5.97. The molecule has 1 aliphatic rings. The van der Waals surface area contributed by atoms with Gasteiger partial charge in [-0.2, -0.15) is 0 Å². The molecule has 131 valence electrons. The Morgan fingerprint density at radius 1 is 0.885 bits per heavy atom. The number of rotatable bonds is 4. The normalized spacial score (nSPS) is 13.6. The Labute approximate surface area is 156 Å². The summed E-state index contributed by atoms with van der Waals surface area (Å²) in [4.78, 5) is 0. The smallest absolute Gasteiger partial charge is 0.331 e. The third-order valence-electron chi connectivity index (χ3n) is 5.78. The molecule has 0 aromatic heterocycles. The molecule has 4 rings (SSSR count). The Morgan fingerprint density at radius 3 is 2.27 bits per heavy atom. The summed E-state index contributed by atoms with van der Waals surface area (Å²) in [6.45, 7) is 7.38. The molecule has 3 aromatic rings. The van der Waals surface area contributed by atoms with Gasteiger partial charge in [0.15, 0.2) is 0 Å². The SMILES string of the molecule is CC(C)(O)C(C)(C)O[B]c1cccc2c1-c1cccc3cccc(c13)C2. The molecule has 3 aromatic carbocycles. The minimum absolute atomic E-state index is 0.686. The summed E-state index contributed by atoms with van der Waals surface area (Å²) in [5.74, 6) is 0. The molecule has 0 heterocycles. The van der Waals surface area contributed by atoms with Crippen LogP contribution in [0.25, 0.3) is 21.9 Å². The molecule has 1 N–H and O–H groups in total. The van der Waals surface area contributed by atoms with Crippen LogP contribution in [0.3, 0.4) is 0 Å². The van der Waals surface area contributed by atoms with Crippen LogP contribution in [0.15, 0.2) is 54.6 Å². The first kappa shape index (κ1) is 17.3. The topological polar surface area (TPSA) is 29.5 Å². The predicted molar refractivity (Wildman–Crippen MR) is 109 cm³/mol. The van der Waals surface area contributed by atoms with Crippen molar-refractivity contribution in [1.82, 2.24) is 0 Å². The summed E-state index contributed by atoms with van der Waals surface area (Å²) in [6, 6.07) is 19.4. The highest BCUT2D eigenvalue weighted by atomic mass is 16.5. The van der Waals surface area contributed by atoms with Gasteiger partial charge >= 0.3 is 7.48 Å². The number of benzene rings is 3. The lowest BCUT2D eigenvalue weighted by atomic mass is 9.73. The van der Waals surface area contributed by atoms with Crippen LogP contribution in [0.1, 0.15) is 38.8 Å². The van der Waals surface area contributed by atoms with E-state index in [0.717, 1.165) is 11.9 Å². The van der Waals surface area contributed by atoms with Gasteiger partial charge in [0.05, 0.1) is 11.2 Å². The van der Waals surface area contributed by atoms with Gasteiger partial charge in [0.1, 0.15) is 0 Å². The van der Waals surface area contributed by atoms with Crippen LogP contribution in [0, 0.1) is 0 Å². The highest BCUT2D eigenvalue weighted by Gasteiger charge is 2.36. The van der Waals surface area contributed by atoms with Crippen LogP contribution < -0.4 is 5.46 Å². The molecule has 0 amide bonds. The minimum Gasteiger partial charge on any atom is -0.427 e. The zero-order valence-electron chi connectivity index (χ0n) is 15.8. The summed E-state index contributed by atoms with van der Waals surface area (Å²) in [6.07, 6.45) is 0.931. The van der Waals surface area contributed by atoms with Crippen LogP contribution >= 0.6 is 0 Å². The second-order valence-corrected chi connectivity index (χ2v) is 8.18. The molecule has 1 radical (unpaired) electrons. The third-order valence-corrected chi connectivity index (χ3v) is 5.78. The van der Waals surface area contributed by atoms with E-state index in [2.05, 4.69) is 54.6 Å². The van der Waals surface area contributed by atoms with Gasteiger partial charge in [-0.25, -0.2) is 0 Å². The number of aliphatic hydroxyl groups is 1. The molecule has 0 saturated heterocycles. The quantitative estimate of drug-likeness (QED) is 0.562. The molecular weight excluding hydrogens is 319 g/mol. The summed E-state index contributed by atoms with van der Waals surface area (Å²) < 4.78 is 6.05. The summed E-state index contributed by atoms with van der Waals surface area (Å²) in [7, 11) is 1.81. The van der Waals surface area contributed by atoms with E-state index in [1.165, 1.54) is 33.0 Å². The van der Waals surface area contributed by atoms with Crippen LogP contribution in [0.2, 0.25) is 0 Å². The number of hydrogen-bond acceptors (Lipinski definition) is 2. The van der Waals surface area contributed by atoms with E-state index in [1.807, 2.05) is 21.3 Å². The van der Waals surface area contributed by atoms with Crippen molar-refractivity contribution in [2.45, 2.75) is 45.3 Å². The number of hydrogen-bond donors (Lipinski definition) is 1. The number of fused-ring (bicyclic) bond motifs is 2. The van der Waals surface area contributed by atoms with Gasteiger partial charge in [-0.05, 0) is 72.6 Å². The van der Waals surface area contributed by atoms with Gasteiger partial charge in [0, 0.05) is 0 Å². The third kappa shape index (κ3) is 2.76. The Balaban J connectivity index is 1.80. The fourth-order valence-corrected chi connectivity index (χ4v) is 3.53. The molecule has 0 saturated carbocycles. The standard InChI is InChI=1S/C23H24BO2/c1-22(2,25)23(3,4)26-24-19-13-7-11-17-14-16-10-5-8-15-9-6-12-18(20(15)16)21(17)19/h5-13,25H,14H2,1-4H3. The van der Waals surface area contributed by atoms with Crippen molar-refractivity contribution < 1.29 is 9.76 Å². The Hall–Kier alpha value is -2.10. The van der Waals surface area contributed by atoms with Crippen molar-refractivity contribution in [2.75, 3.05) is 0 Å². The van der Waals surface area contributed by atoms with Gasteiger partial charge in [0.2, 0.25) is 0 Å². The van der Waals surface area contributed by atoms with Crippen molar-refractivity contribution >= 4 is 23.7 Å². The van der Waals surface area contributed by atoms with Crippen LogP contribution in [-0.2, 0) is 11.1 Å². The molecule has 0 atom stereocenters.